The minimum atomic E-state index is -0.869. The first-order valence-corrected chi connectivity index (χ1v) is 11.2. The number of nitrogens with zero attached hydrogens (tertiary/aromatic N) is 1. The highest BCUT2D eigenvalue weighted by atomic mass is 35.5. The Kier molecular flexibility index (Phi) is 8.19. The van der Waals surface area contributed by atoms with Crippen molar-refractivity contribution < 1.29 is 22.8 Å². The largest absolute Gasteiger partial charge is 0.334 e. The number of anilines is 1. The second-order valence-electron chi connectivity index (χ2n) is 8.96. The number of carbonyl (C=O) groups is 2. The molecule has 0 saturated heterocycles. The number of halogens is 4. The summed E-state index contributed by atoms with van der Waals surface area (Å²) < 4.78 is 41.0. The number of nitrogens with two attached hydrogens (primary N) is 1. The molecule has 0 bridgehead atoms. The summed E-state index contributed by atoms with van der Waals surface area (Å²) in [5, 5.41) is 3.00. The van der Waals surface area contributed by atoms with E-state index in [1.807, 2.05) is 13.8 Å². The number of benzene rings is 3. The van der Waals surface area contributed by atoms with Gasteiger partial charge in [-0.15, -0.1) is 0 Å². The predicted octanol–water partition coefficient (Wildman–Crippen LogP) is 5.64. The first-order valence-electron chi connectivity index (χ1n) is 10.8. The van der Waals surface area contributed by atoms with Crippen molar-refractivity contribution in [1.29, 1.82) is 0 Å². The zero-order valence-corrected chi connectivity index (χ0v) is 20.0. The quantitative estimate of drug-likeness (QED) is 0.418. The Bertz CT molecular complexity index is 1230. The summed E-state index contributed by atoms with van der Waals surface area (Å²) in [6, 6.07) is 12.6. The molecule has 0 radical (unpaired) electrons. The molecule has 0 fully saturated rings. The van der Waals surface area contributed by atoms with Gasteiger partial charge < -0.3 is 16.0 Å². The van der Waals surface area contributed by atoms with Crippen LogP contribution in [0.2, 0.25) is 5.02 Å². The van der Waals surface area contributed by atoms with Crippen molar-refractivity contribution in [2.75, 3.05) is 18.4 Å². The predicted molar refractivity (Wildman–Crippen MR) is 130 cm³/mol. The molecule has 0 aliphatic heterocycles. The standard InChI is InChI=1S/C26H25ClF3N3O2/c1-26(2,14-31)15-33(25(35)17-9-20(29)12-21(30)10-17)13-18-11-22(6-7-23(18)27)32-24(34)16-4-3-5-19(28)8-16/h3-12H,13-15,31H2,1-2H3,(H,32,34). The third-order valence-corrected chi connectivity index (χ3v) is 5.69. The molecular weight excluding hydrogens is 479 g/mol. The first kappa shape index (κ1) is 26.2. The normalized spacial score (nSPS) is 11.3. The van der Waals surface area contributed by atoms with Crippen LogP contribution in [0, 0.1) is 22.9 Å². The Morgan fingerprint density at radius 3 is 2.23 bits per heavy atom. The van der Waals surface area contributed by atoms with Gasteiger partial charge in [0.2, 0.25) is 0 Å². The number of hydrogen-bond donors (Lipinski definition) is 2. The lowest BCUT2D eigenvalue weighted by Crippen LogP contribution is -2.41. The van der Waals surface area contributed by atoms with Gasteiger partial charge in [-0.3, -0.25) is 9.59 Å². The van der Waals surface area contributed by atoms with Gasteiger partial charge in [0.1, 0.15) is 17.5 Å². The highest BCUT2D eigenvalue weighted by molar-refractivity contribution is 6.31. The van der Waals surface area contributed by atoms with Crippen LogP contribution >= 0.6 is 11.6 Å². The Hall–Kier alpha value is -3.36. The molecule has 184 valence electrons. The Labute approximate surface area is 206 Å². The van der Waals surface area contributed by atoms with Gasteiger partial charge >= 0.3 is 0 Å². The van der Waals surface area contributed by atoms with Gasteiger partial charge in [0.15, 0.2) is 0 Å². The van der Waals surface area contributed by atoms with Gasteiger partial charge in [0.25, 0.3) is 11.8 Å². The van der Waals surface area contributed by atoms with Gasteiger partial charge in [-0.2, -0.15) is 0 Å². The lowest BCUT2D eigenvalue weighted by molar-refractivity contribution is 0.0672. The van der Waals surface area contributed by atoms with E-state index in [2.05, 4.69) is 5.32 Å². The molecule has 0 aromatic heterocycles. The van der Waals surface area contributed by atoms with E-state index in [1.54, 1.807) is 18.2 Å². The SMILES string of the molecule is CC(C)(CN)CN(Cc1cc(NC(=O)c2cccc(F)c2)ccc1Cl)C(=O)c1cc(F)cc(F)c1. The summed E-state index contributed by atoms with van der Waals surface area (Å²) in [6.07, 6.45) is 0. The number of hydrogen-bond acceptors (Lipinski definition) is 3. The smallest absolute Gasteiger partial charge is 0.255 e. The fourth-order valence-electron chi connectivity index (χ4n) is 3.45. The maximum atomic E-state index is 13.8. The third-order valence-electron chi connectivity index (χ3n) is 5.32. The Morgan fingerprint density at radius 1 is 0.943 bits per heavy atom. The first-order chi connectivity index (χ1) is 16.5. The van der Waals surface area contributed by atoms with Crippen LogP contribution in [0.5, 0.6) is 0 Å². The van der Waals surface area contributed by atoms with Crippen molar-refractivity contribution in [2.24, 2.45) is 11.1 Å². The zero-order valence-electron chi connectivity index (χ0n) is 19.2. The molecule has 3 aromatic carbocycles. The maximum absolute atomic E-state index is 13.8. The lowest BCUT2D eigenvalue weighted by Gasteiger charge is -2.32. The van der Waals surface area contributed by atoms with Crippen molar-refractivity contribution >= 4 is 29.1 Å². The van der Waals surface area contributed by atoms with Crippen LogP contribution in [0.15, 0.2) is 60.7 Å². The van der Waals surface area contributed by atoms with Gasteiger partial charge in [0, 0.05) is 41.0 Å². The second-order valence-corrected chi connectivity index (χ2v) is 9.37. The number of rotatable bonds is 8. The summed E-state index contributed by atoms with van der Waals surface area (Å²) in [5.74, 6) is -3.40. The van der Waals surface area contributed by atoms with E-state index in [0.717, 1.165) is 18.2 Å². The van der Waals surface area contributed by atoms with E-state index in [4.69, 9.17) is 17.3 Å². The molecule has 0 aliphatic carbocycles. The molecule has 0 aliphatic rings. The van der Waals surface area contributed by atoms with E-state index >= 15 is 0 Å². The van der Waals surface area contributed by atoms with E-state index in [9.17, 15) is 22.8 Å². The van der Waals surface area contributed by atoms with Crippen LogP contribution < -0.4 is 11.1 Å². The number of amides is 2. The van der Waals surface area contributed by atoms with Gasteiger partial charge in [-0.1, -0.05) is 31.5 Å². The Morgan fingerprint density at radius 2 is 1.60 bits per heavy atom. The molecule has 0 heterocycles. The molecule has 2 amide bonds. The van der Waals surface area contributed by atoms with Crippen molar-refractivity contribution in [2.45, 2.75) is 20.4 Å². The monoisotopic (exact) mass is 503 g/mol. The summed E-state index contributed by atoms with van der Waals surface area (Å²) in [6.45, 7) is 4.14. The average molecular weight is 504 g/mol. The van der Waals surface area contributed by atoms with Gasteiger partial charge in [0.05, 0.1) is 0 Å². The molecular formula is C26H25ClF3N3O2. The minimum Gasteiger partial charge on any atom is -0.334 e. The molecule has 3 rings (SSSR count). The zero-order chi connectivity index (χ0) is 25.8. The molecule has 0 spiro atoms. The van der Waals surface area contributed by atoms with Crippen LogP contribution in [0.1, 0.15) is 40.1 Å². The fraction of sp³-hybridized carbons (Fsp3) is 0.231. The van der Waals surface area contributed by atoms with Crippen molar-refractivity contribution in [3.8, 4) is 0 Å². The topological polar surface area (TPSA) is 75.4 Å². The summed E-state index contributed by atoms with van der Waals surface area (Å²) >= 11 is 6.38. The highest BCUT2D eigenvalue weighted by Gasteiger charge is 2.26. The molecule has 5 nitrogen and oxygen atoms in total. The van der Waals surface area contributed by atoms with Crippen molar-refractivity contribution in [3.05, 3.63) is 99.8 Å². The molecule has 0 atom stereocenters. The van der Waals surface area contributed by atoms with Crippen LogP contribution in [-0.2, 0) is 6.54 Å². The molecule has 3 N–H and O–H groups in total. The summed E-state index contributed by atoms with van der Waals surface area (Å²) in [4.78, 5) is 27.2. The fourth-order valence-corrected chi connectivity index (χ4v) is 3.63. The lowest BCUT2D eigenvalue weighted by atomic mass is 9.92. The maximum Gasteiger partial charge on any atom is 0.255 e. The number of nitrogens with one attached hydrogen (secondary N) is 1. The molecule has 3 aromatic rings. The highest BCUT2D eigenvalue weighted by Crippen LogP contribution is 2.26. The van der Waals surface area contributed by atoms with Crippen LogP contribution in [0.25, 0.3) is 0 Å². The average Bonchev–Trinajstić information content (AvgIpc) is 2.79. The van der Waals surface area contributed by atoms with E-state index < -0.39 is 34.7 Å². The number of carbonyl (C=O) groups excluding carboxylic acids is 2. The van der Waals surface area contributed by atoms with Crippen molar-refractivity contribution in [1.82, 2.24) is 4.90 Å². The van der Waals surface area contributed by atoms with Crippen LogP contribution in [0.4, 0.5) is 18.9 Å². The van der Waals surface area contributed by atoms with Crippen LogP contribution in [0.3, 0.4) is 0 Å². The summed E-state index contributed by atoms with van der Waals surface area (Å²) in [7, 11) is 0. The van der Waals surface area contributed by atoms with E-state index in [0.29, 0.717) is 22.3 Å². The molecule has 0 unspecified atom stereocenters. The van der Waals surface area contributed by atoms with Crippen LogP contribution in [-0.4, -0.2) is 29.8 Å². The summed E-state index contributed by atoms with van der Waals surface area (Å²) in [5.41, 5.74) is 6.20. The van der Waals surface area contributed by atoms with Crippen molar-refractivity contribution in [3.63, 3.8) is 0 Å². The van der Waals surface area contributed by atoms with Gasteiger partial charge in [-0.25, -0.2) is 13.2 Å². The minimum absolute atomic E-state index is 0.0110. The second kappa shape index (κ2) is 10.9. The molecule has 0 saturated carbocycles. The molecule has 35 heavy (non-hydrogen) atoms. The Balaban J connectivity index is 1.90. The van der Waals surface area contributed by atoms with E-state index in [-0.39, 0.29) is 30.8 Å². The van der Waals surface area contributed by atoms with E-state index in [1.165, 1.54) is 23.1 Å². The third kappa shape index (κ3) is 7.07. The van der Waals surface area contributed by atoms with Gasteiger partial charge in [-0.05, 0) is 66.1 Å². The molecule has 9 heteroatoms.